The zero-order valence-corrected chi connectivity index (χ0v) is 14.5. The van der Waals surface area contributed by atoms with E-state index in [0.29, 0.717) is 28.4 Å². The van der Waals surface area contributed by atoms with E-state index < -0.39 is 0 Å². The highest BCUT2D eigenvalue weighted by Gasteiger charge is 2.33. The molecule has 0 saturated carbocycles. The predicted octanol–water partition coefficient (Wildman–Crippen LogP) is 3.78. The van der Waals surface area contributed by atoms with Crippen molar-refractivity contribution in [2.75, 3.05) is 13.1 Å². The third-order valence-electron chi connectivity index (χ3n) is 4.92. The second kappa shape index (κ2) is 6.34. The van der Waals surface area contributed by atoms with Crippen molar-refractivity contribution < 1.29 is 9.21 Å². The van der Waals surface area contributed by atoms with E-state index in [0.717, 1.165) is 36.9 Å². The number of hydrogen-bond donors (Lipinski definition) is 1. The van der Waals surface area contributed by atoms with Crippen molar-refractivity contribution in [2.45, 2.75) is 38.3 Å². The Hall–Kier alpha value is -1.23. The van der Waals surface area contributed by atoms with Crippen LogP contribution in [-0.4, -0.2) is 36.0 Å². The molecule has 3 heterocycles. The number of carbonyl (C=O) groups is 1. The monoisotopic (exact) mass is 354 g/mol. The van der Waals surface area contributed by atoms with Crippen LogP contribution >= 0.6 is 24.0 Å². The first-order valence-corrected chi connectivity index (χ1v) is 8.24. The average Bonchev–Trinajstić information content (AvgIpc) is 3.00. The number of likely N-dealkylation sites (tertiary alicyclic amines) is 1. The molecule has 1 aromatic heterocycles. The van der Waals surface area contributed by atoms with Gasteiger partial charge in [-0.2, -0.15) is 0 Å². The Morgan fingerprint density at radius 1 is 1.30 bits per heavy atom. The Bertz CT molecular complexity index is 744. The molecule has 23 heavy (non-hydrogen) atoms. The number of carbonyl (C=O) groups excluding carboxylic acids is 1. The summed E-state index contributed by atoms with van der Waals surface area (Å²) in [5, 5.41) is 5.07. The Morgan fingerprint density at radius 2 is 2.09 bits per heavy atom. The van der Waals surface area contributed by atoms with Crippen LogP contribution in [0.1, 0.15) is 35.4 Å². The van der Waals surface area contributed by atoms with Gasteiger partial charge in [-0.25, -0.2) is 0 Å². The number of fused-ring (bicyclic) bond motifs is 3. The summed E-state index contributed by atoms with van der Waals surface area (Å²) in [6.45, 7) is 3.48. The average molecular weight is 355 g/mol. The van der Waals surface area contributed by atoms with Gasteiger partial charge in [0.15, 0.2) is 11.3 Å². The summed E-state index contributed by atoms with van der Waals surface area (Å²) in [5.74, 6) is 0.417. The molecule has 124 valence electrons. The zero-order chi connectivity index (χ0) is 15.3. The molecule has 1 amide bonds. The molecule has 0 spiro atoms. The number of nitrogens with zero attached hydrogens (tertiary/aromatic N) is 1. The number of aryl methyl sites for hydroxylation is 1. The molecule has 0 radical (unpaired) electrons. The number of nitrogens with one attached hydrogen (secondary N) is 1. The van der Waals surface area contributed by atoms with Crippen LogP contribution in [0.25, 0.3) is 11.0 Å². The molecule has 2 fully saturated rings. The van der Waals surface area contributed by atoms with E-state index in [-0.39, 0.29) is 18.3 Å². The van der Waals surface area contributed by atoms with Crippen LogP contribution in [0.4, 0.5) is 0 Å². The fraction of sp³-hybridized carbons (Fsp3) is 0.471. The summed E-state index contributed by atoms with van der Waals surface area (Å²) >= 11 is 6.18. The van der Waals surface area contributed by atoms with E-state index in [1.807, 2.05) is 24.0 Å². The van der Waals surface area contributed by atoms with Crippen molar-refractivity contribution in [2.24, 2.45) is 0 Å². The number of amides is 1. The summed E-state index contributed by atoms with van der Waals surface area (Å²) in [4.78, 5) is 14.8. The largest absolute Gasteiger partial charge is 0.449 e. The highest BCUT2D eigenvalue weighted by atomic mass is 35.5. The Morgan fingerprint density at radius 3 is 2.87 bits per heavy atom. The fourth-order valence-electron chi connectivity index (χ4n) is 3.68. The lowest BCUT2D eigenvalue weighted by Crippen LogP contribution is -2.39. The van der Waals surface area contributed by atoms with Crippen molar-refractivity contribution in [3.8, 4) is 0 Å². The lowest BCUT2D eigenvalue weighted by Gasteiger charge is -2.23. The van der Waals surface area contributed by atoms with Crippen LogP contribution in [0.2, 0.25) is 5.02 Å². The van der Waals surface area contributed by atoms with Crippen LogP contribution in [-0.2, 0) is 0 Å². The molecule has 2 aliphatic rings. The molecule has 2 unspecified atom stereocenters. The number of rotatable bonds is 1. The second-order valence-corrected chi connectivity index (χ2v) is 6.76. The van der Waals surface area contributed by atoms with Crippen molar-refractivity contribution >= 4 is 40.9 Å². The topological polar surface area (TPSA) is 45.5 Å². The molecule has 2 saturated heterocycles. The first-order valence-electron chi connectivity index (χ1n) is 7.86. The normalized spacial score (nSPS) is 23.7. The molecule has 2 aromatic rings. The van der Waals surface area contributed by atoms with E-state index in [4.69, 9.17) is 16.0 Å². The van der Waals surface area contributed by atoms with Crippen molar-refractivity contribution in [1.29, 1.82) is 0 Å². The van der Waals surface area contributed by atoms with Gasteiger partial charge in [-0.05, 0) is 32.3 Å². The second-order valence-electron chi connectivity index (χ2n) is 6.35. The fourth-order valence-corrected chi connectivity index (χ4v) is 3.90. The van der Waals surface area contributed by atoms with Crippen LogP contribution in [0, 0.1) is 6.92 Å². The van der Waals surface area contributed by atoms with E-state index in [1.165, 1.54) is 6.42 Å². The third kappa shape index (κ3) is 2.84. The molecule has 0 aliphatic carbocycles. The standard InChI is InChI=1S/C17H19ClN2O2.ClH/c1-10-13-3-2-4-14(18)16(13)22-15(10)17(21)20-8-7-11-5-6-12(9-20)19-11;/h2-4,11-12,19H,5-9H2,1H3;1H. The molecular weight excluding hydrogens is 335 g/mol. The molecule has 6 heteroatoms. The number of benzene rings is 1. The van der Waals surface area contributed by atoms with Crippen molar-refractivity contribution in [1.82, 2.24) is 10.2 Å². The highest BCUT2D eigenvalue weighted by molar-refractivity contribution is 6.35. The third-order valence-corrected chi connectivity index (χ3v) is 5.22. The van der Waals surface area contributed by atoms with E-state index in [2.05, 4.69) is 5.32 Å². The molecule has 2 aliphatic heterocycles. The van der Waals surface area contributed by atoms with Crippen molar-refractivity contribution in [3.63, 3.8) is 0 Å². The number of halogens is 2. The van der Waals surface area contributed by atoms with E-state index in [1.54, 1.807) is 6.07 Å². The molecule has 1 aromatic carbocycles. The quantitative estimate of drug-likeness (QED) is 0.847. The summed E-state index contributed by atoms with van der Waals surface area (Å²) < 4.78 is 5.82. The summed E-state index contributed by atoms with van der Waals surface area (Å²) in [5.41, 5.74) is 1.49. The predicted molar refractivity (Wildman–Crippen MR) is 93.7 cm³/mol. The van der Waals surface area contributed by atoms with Crippen molar-refractivity contribution in [3.05, 3.63) is 34.5 Å². The minimum atomic E-state index is -0.0147. The van der Waals surface area contributed by atoms with E-state index >= 15 is 0 Å². The van der Waals surface area contributed by atoms with Crippen LogP contribution in [0.5, 0.6) is 0 Å². The number of para-hydroxylation sites is 1. The number of furan rings is 1. The first-order chi connectivity index (χ1) is 10.6. The molecule has 4 rings (SSSR count). The van der Waals surface area contributed by atoms with Gasteiger partial charge in [0, 0.05) is 36.1 Å². The Labute approximate surface area is 146 Å². The molecule has 2 atom stereocenters. The van der Waals surface area contributed by atoms with Gasteiger partial charge in [0.1, 0.15) is 0 Å². The first kappa shape index (κ1) is 16.6. The van der Waals surface area contributed by atoms with Gasteiger partial charge in [-0.15, -0.1) is 12.4 Å². The minimum Gasteiger partial charge on any atom is -0.449 e. The summed E-state index contributed by atoms with van der Waals surface area (Å²) in [6, 6.07) is 6.60. The van der Waals surface area contributed by atoms with Crippen LogP contribution in [0.3, 0.4) is 0 Å². The zero-order valence-electron chi connectivity index (χ0n) is 13.0. The molecular formula is C17H20Cl2N2O2. The highest BCUT2D eigenvalue weighted by Crippen LogP contribution is 2.32. The minimum absolute atomic E-state index is 0. The molecule has 4 nitrogen and oxygen atoms in total. The lowest BCUT2D eigenvalue weighted by atomic mass is 10.1. The van der Waals surface area contributed by atoms with Gasteiger partial charge >= 0.3 is 0 Å². The number of hydrogen-bond acceptors (Lipinski definition) is 3. The van der Waals surface area contributed by atoms with Crippen LogP contribution in [0.15, 0.2) is 22.6 Å². The van der Waals surface area contributed by atoms with Gasteiger partial charge < -0.3 is 14.6 Å². The molecule has 1 N–H and O–H groups in total. The van der Waals surface area contributed by atoms with Gasteiger partial charge in [0.2, 0.25) is 0 Å². The molecule has 2 bridgehead atoms. The summed E-state index contributed by atoms with van der Waals surface area (Å²) in [6.07, 6.45) is 3.40. The van der Waals surface area contributed by atoms with Gasteiger partial charge in [0.05, 0.1) is 5.02 Å². The Balaban J connectivity index is 0.00000156. The van der Waals surface area contributed by atoms with Gasteiger partial charge in [-0.3, -0.25) is 4.79 Å². The lowest BCUT2D eigenvalue weighted by molar-refractivity contribution is 0.0717. The maximum Gasteiger partial charge on any atom is 0.289 e. The van der Waals surface area contributed by atoms with Crippen LogP contribution < -0.4 is 5.32 Å². The smallest absolute Gasteiger partial charge is 0.289 e. The maximum atomic E-state index is 12.9. The SMILES string of the molecule is Cc1c(C(=O)N2CCC3CCC(C2)N3)oc2c(Cl)cccc12.Cl. The maximum absolute atomic E-state index is 12.9. The van der Waals surface area contributed by atoms with E-state index in [9.17, 15) is 4.79 Å². The van der Waals surface area contributed by atoms with Gasteiger partial charge in [0.25, 0.3) is 5.91 Å². The summed E-state index contributed by atoms with van der Waals surface area (Å²) in [7, 11) is 0. The van der Waals surface area contributed by atoms with Gasteiger partial charge in [-0.1, -0.05) is 23.7 Å². The Kier molecular flexibility index (Phi) is 4.59.